The SMILES string of the molecule is CNC(=O)C(NC(=O)CC(O)(c1nccn1C)C(F)(F)F)c1ccc(F)c(F)c1. The Kier molecular flexibility index (Phi) is 6.26. The van der Waals surface area contributed by atoms with Crippen molar-refractivity contribution in [3.8, 4) is 0 Å². The average molecular weight is 420 g/mol. The molecule has 2 aromatic rings. The number of nitrogens with zero attached hydrogens (tertiary/aromatic N) is 2. The molecule has 0 aliphatic heterocycles. The van der Waals surface area contributed by atoms with Crippen LogP contribution in [0.2, 0.25) is 0 Å². The molecule has 2 atom stereocenters. The lowest BCUT2D eigenvalue weighted by Gasteiger charge is -2.30. The molecule has 1 aromatic heterocycles. The van der Waals surface area contributed by atoms with Crippen LogP contribution in [0.5, 0.6) is 0 Å². The van der Waals surface area contributed by atoms with Crippen LogP contribution in [0.3, 0.4) is 0 Å². The van der Waals surface area contributed by atoms with E-state index in [0.717, 1.165) is 23.0 Å². The molecule has 1 heterocycles. The summed E-state index contributed by atoms with van der Waals surface area (Å²) in [5.74, 6) is -5.62. The number of aromatic nitrogens is 2. The summed E-state index contributed by atoms with van der Waals surface area (Å²) < 4.78 is 68.1. The van der Waals surface area contributed by atoms with Gasteiger partial charge in [0.15, 0.2) is 17.5 Å². The summed E-state index contributed by atoms with van der Waals surface area (Å²) in [6.45, 7) is 0. The smallest absolute Gasteiger partial charge is 0.374 e. The van der Waals surface area contributed by atoms with E-state index in [9.17, 15) is 36.6 Å². The van der Waals surface area contributed by atoms with Gasteiger partial charge in [-0.1, -0.05) is 6.07 Å². The number of amides is 2. The van der Waals surface area contributed by atoms with Crippen molar-refractivity contribution in [3.05, 3.63) is 53.6 Å². The van der Waals surface area contributed by atoms with E-state index in [4.69, 9.17) is 0 Å². The Morgan fingerprint density at radius 3 is 2.38 bits per heavy atom. The van der Waals surface area contributed by atoms with Gasteiger partial charge in [-0.05, 0) is 17.7 Å². The number of likely N-dealkylation sites (N-methyl/N-ethyl adjacent to an activating group) is 1. The average Bonchev–Trinajstić information content (AvgIpc) is 3.07. The van der Waals surface area contributed by atoms with Crippen LogP contribution in [0.25, 0.3) is 0 Å². The summed E-state index contributed by atoms with van der Waals surface area (Å²) >= 11 is 0. The Morgan fingerprint density at radius 2 is 1.90 bits per heavy atom. The van der Waals surface area contributed by atoms with Crippen molar-refractivity contribution in [2.24, 2.45) is 7.05 Å². The van der Waals surface area contributed by atoms with Gasteiger partial charge in [-0.25, -0.2) is 13.8 Å². The number of aliphatic hydroxyl groups is 1. The van der Waals surface area contributed by atoms with Crippen molar-refractivity contribution in [3.63, 3.8) is 0 Å². The second-order valence-electron chi connectivity index (χ2n) is 6.18. The van der Waals surface area contributed by atoms with E-state index < -0.39 is 53.5 Å². The molecule has 158 valence electrons. The van der Waals surface area contributed by atoms with E-state index in [-0.39, 0.29) is 5.56 Å². The molecule has 2 rings (SSSR count). The Morgan fingerprint density at radius 1 is 1.24 bits per heavy atom. The molecule has 7 nitrogen and oxygen atoms in total. The lowest BCUT2D eigenvalue weighted by atomic mass is 9.96. The molecule has 0 saturated heterocycles. The van der Waals surface area contributed by atoms with Gasteiger partial charge in [-0.15, -0.1) is 0 Å². The third kappa shape index (κ3) is 4.53. The van der Waals surface area contributed by atoms with Crippen molar-refractivity contribution in [2.75, 3.05) is 7.05 Å². The minimum Gasteiger partial charge on any atom is -0.374 e. The van der Waals surface area contributed by atoms with E-state index in [1.54, 1.807) is 0 Å². The zero-order valence-electron chi connectivity index (χ0n) is 15.2. The van der Waals surface area contributed by atoms with Crippen LogP contribution in [0.4, 0.5) is 22.0 Å². The molecule has 0 radical (unpaired) electrons. The van der Waals surface area contributed by atoms with Gasteiger partial charge in [0.05, 0.1) is 6.42 Å². The molecule has 2 unspecified atom stereocenters. The van der Waals surface area contributed by atoms with Gasteiger partial charge in [0.1, 0.15) is 6.04 Å². The second kappa shape index (κ2) is 8.15. The Bertz CT molecular complexity index is 915. The molecule has 0 aliphatic carbocycles. The third-order valence-electron chi connectivity index (χ3n) is 4.17. The zero-order valence-corrected chi connectivity index (χ0v) is 15.2. The van der Waals surface area contributed by atoms with Gasteiger partial charge in [0, 0.05) is 26.5 Å². The van der Waals surface area contributed by atoms with Gasteiger partial charge in [-0.2, -0.15) is 13.2 Å². The number of hydrogen-bond acceptors (Lipinski definition) is 4. The number of alkyl halides is 3. The highest BCUT2D eigenvalue weighted by molar-refractivity contribution is 5.88. The summed E-state index contributed by atoms with van der Waals surface area (Å²) in [5, 5.41) is 14.4. The quantitative estimate of drug-likeness (QED) is 0.617. The predicted molar refractivity (Wildman–Crippen MR) is 89.1 cm³/mol. The number of carbonyl (C=O) groups excluding carboxylic acids is 2. The Labute approximate surface area is 161 Å². The van der Waals surface area contributed by atoms with Gasteiger partial charge >= 0.3 is 6.18 Å². The first-order valence-corrected chi connectivity index (χ1v) is 8.13. The highest BCUT2D eigenvalue weighted by atomic mass is 19.4. The van der Waals surface area contributed by atoms with E-state index >= 15 is 0 Å². The molecular weight excluding hydrogens is 403 g/mol. The Hall–Kier alpha value is -3.02. The van der Waals surface area contributed by atoms with Crippen LogP contribution < -0.4 is 10.6 Å². The second-order valence-corrected chi connectivity index (χ2v) is 6.18. The van der Waals surface area contributed by atoms with E-state index in [0.29, 0.717) is 12.1 Å². The van der Waals surface area contributed by atoms with Crippen LogP contribution in [0, 0.1) is 11.6 Å². The molecule has 12 heteroatoms. The van der Waals surface area contributed by atoms with Gasteiger partial charge < -0.3 is 20.3 Å². The fraction of sp³-hybridized carbons (Fsp3) is 0.353. The fourth-order valence-corrected chi connectivity index (χ4v) is 2.65. The maximum Gasteiger partial charge on any atom is 0.425 e. The van der Waals surface area contributed by atoms with Crippen LogP contribution >= 0.6 is 0 Å². The topological polar surface area (TPSA) is 96.2 Å². The molecule has 0 fully saturated rings. The standard InChI is InChI=1S/C17H17F5N4O3/c1-23-14(28)13(9-3-4-10(18)11(19)7-9)25-12(27)8-16(29,17(20,21)22)15-24-5-6-26(15)2/h3-7,13,29H,8H2,1-2H3,(H,23,28)(H,25,27). The summed E-state index contributed by atoms with van der Waals surface area (Å²) in [6, 6.07) is 0.700. The fourth-order valence-electron chi connectivity index (χ4n) is 2.65. The largest absolute Gasteiger partial charge is 0.425 e. The lowest BCUT2D eigenvalue weighted by Crippen LogP contribution is -2.49. The summed E-state index contributed by atoms with van der Waals surface area (Å²) in [7, 11) is 2.38. The van der Waals surface area contributed by atoms with E-state index in [1.807, 2.05) is 5.32 Å². The van der Waals surface area contributed by atoms with Crippen LogP contribution in [-0.2, 0) is 22.2 Å². The van der Waals surface area contributed by atoms with Gasteiger partial charge in [0.25, 0.3) is 0 Å². The minimum absolute atomic E-state index is 0.204. The van der Waals surface area contributed by atoms with Crippen molar-refractivity contribution in [1.82, 2.24) is 20.2 Å². The Balaban J connectivity index is 2.34. The van der Waals surface area contributed by atoms with Crippen molar-refractivity contribution < 1.29 is 36.6 Å². The monoisotopic (exact) mass is 420 g/mol. The summed E-state index contributed by atoms with van der Waals surface area (Å²) in [4.78, 5) is 27.8. The van der Waals surface area contributed by atoms with Gasteiger partial charge in [-0.3, -0.25) is 9.59 Å². The van der Waals surface area contributed by atoms with Crippen LogP contribution in [0.1, 0.15) is 23.9 Å². The number of halogens is 5. The normalized spacial score (nSPS) is 14.8. The van der Waals surface area contributed by atoms with Crippen molar-refractivity contribution >= 4 is 11.8 Å². The lowest BCUT2D eigenvalue weighted by molar-refractivity contribution is -0.271. The van der Waals surface area contributed by atoms with Crippen molar-refractivity contribution in [2.45, 2.75) is 24.2 Å². The number of imidazole rings is 1. The predicted octanol–water partition coefficient (Wildman–Crippen LogP) is 1.44. The number of rotatable bonds is 6. The number of hydrogen-bond donors (Lipinski definition) is 3. The molecule has 3 N–H and O–H groups in total. The molecule has 2 amide bonds. The molecule has 0 bridgehead atoms. The highest BCUT2D eigenvalue weighted by Gasteiger charge is 2.58. The summed E-state index contributed by atoms with van der Waals surface area (Å²) in [5.41, 5.74) is -3.85. The zero-order chi connectivity index (χ0) is 22.0. The minimum atomic E-state index is -5.27. The van der Waals surface area contributed by atoms with Crippen LogP contribution in [0.15, 0.2) is 30.6 Å². The maximum absolute atomic E-state index is 13.5. The molecule has 0 aliphatic rings. The summed E-state index contributed by atoms with van der Waals surface area (Å²) in [6.07, 6.45) is -4.62. The number of benzene rings is 1. The first-order valence-electron chi connectivity index (χ1n) is 8.13. The number of nitrogens with one attached hydrogen (secondary N) is 2. The van der Waals surface area contributed by atoms with Gasteiger partial charge in [0.2, 0.25) is 17.4 Å². The molecule has 0 saturated carbocycles. The maximum atomic E-state index is 13.5. The molecular formula is C17H17F5N4O3. The molecule has 0 spiro atoms. The van der Waals surface area contributed by atoms with E-state index in [1.165, 1.54) is 14.1 Å². The molecule has 29 heavy (non-hydrogen) atoms. The third-order valence-corrected chi connectivity index (χ3v) is 4.17. The first-order chi connectivity index (χ1) is 13.4. The number of aryl methyl sites for hydroxylation is 1. The first kappa shape index (κ1) is 22.3. The number of carbonyl (C=O) groups is 2. The van der Waals surface area contributed by atoms with Crippen LogP contribution in [-0.4, -0.2) is 39.7 Å². The highest BCUT2D eigenvalue weighted by Crippen LogP contribution is 2.40. The molecule has 1 aromatic carbocycles. The van der Waals surface area contributed by atoms with Crippen molar-refractivity contribution in [1.29, 1.82) is 0 Å². The van der Waals surface area contributed by atoms with E-state index in [2.05, 4.69) is 10.3 Å².